The van der Waals surface area contributed by atoms with Crippen LogP contribution in [0.1, 0.15) is 30.9 Å². The van der Waals surface area contributed by atoms with Crippen LogP contribution in [0.3, 0.4) is 0 Å². The number of benzene rings is 1. The summed E-state index contributed by atoms with van der Waals surface area (Å²) >= 11 is 0. The summed E-state index contributed by atoms with van der Waals surface area (Å²) in [5.74, 6) is 0.692. The molecular formula is C16H24N2O. The maximum Gasteiger partial charge on any atom is 0.224 e. The molecule has 1 fully saturated rings. The summed E-state index contributed by atoms with van der Waals surface area (Å²) < 4.78 is 0. The third-order valence-corrected chi connectivity index (χ3v) is 3.92. The minimum absolute atomic E-state index is 0.127. The second-order valence-electron chi connectivity index (χ2n) is 5.62. The molecule has 0 radical (unpaired) electrons. The van der Waals surface area contributed by atoms with Crippen molar-refractivity contribution in [1.29, 1.82) is 0 Å². The molecule has 2 unspecified atom stereocenters. The summed E-state index contributed by atoms with van der Waals surface area (Å²) in [6.45, 7) is 6.30. The molecule has 2 atom stereocenters. The number of carbonyl (C=O) groups excluding carboxylic acids is 1. The van der Waals surface area contributed by atoms with Crippen LogP contribution in [0.2, 0.25) is 0 Å². The monoisotopic (exact) mass is 260 g/mol. The molecule has 1 aliphatic heterocycles. The van der Waals surface area contributed by atoms with Gasteiger partial charge in [-0.2, -0.15) is 0 Å². The zero-order chi connectivity index (χ0) is 13.7. The lowest BCUT2D eigenvalue weighted by atomic mass is 9.92. The van der Waals surface area contributed by atoms with Gasteiger partial charge in [-0.1, -0.05) is 29.8 Å². The average molecular weight is 260 g/mol. The van der Waals surface area contributed by atoms with Crippen LogP contribution >= 0.6 is 0 Å². The molecule has 1 heterocycles. The molecule has 1 aliphatic rings. The van der Waals surface area contributed by atoms with Gasteiger partial charge in [-0.3, -0.25) is 4.79 Å². The predicted octanol–water partition coefficient (Wildman–Crippen LogP) is 2.04. The van der Waals surface area contributed by atoms with Crippen molar-refractivity contribution < 1.29 is 4.79 Å². The van der Waals surface area contributed by atoms with Crippen molar-refractivity contribution in [3.8, 4) is 0 Å². The van der Waals surface area contributed by atoms with Gasteiger partial charge in [0.25, 0.3) is 0 Å². The van der Waals surface area contributed by atoms with Crippen molar-refractivity contribution in [1.82, 2.24) is 10.6 Å². The molecule has 1 amide bonds. The Kier molecular flexibility index (Phi) is 4.97. The SMILES string of the molecule is Cc1ccc(CC(=O)NC(C)C2CCCNC2)cc1. The summed E-state index contributed by atoms with van der Waals surface area (Å²) in [6.07, 6.45) is 2.90. The summed E-state index contributed by atoms with van der Waals surface area (Å²) in [5.41, 5.74) is 2.31. The topological polar surface area (TPSA) is 41.1 Å². The van der Waals surface area contributed by atoms with E-state index in [1.165, 1.54) is 18.4 Å². The lowest BCUT2D eigenvalue weighted by Crippen LogP contribution is -2.45. The van der Waals surface area contributed by atoms with E-state index in [4.69, 9.17) is 0 Å². The van der Waals surface area contributed by atoms with Gasteiger partial charge in [0.2, 0.25) is 5.91 Å². The number of aryl methyl sites for hydroxylation is 1. The zero-order valence-corrected chi connectivity index (χ0v) is 11.9. The maximum atomic E-state index is 12.0. The first kappa shape index (κ1) is 14.1. The fraction of sp³-hybridized carbons (Fsp3) is 0.562. The first-order chi connectivity index (χ1) is 9.15. The Labute approximate surface area is 115 Å². The Bertz CT molecular complexity index is 407. The molecule has 0 bridgehead atoms. The Balaban J connectivity index is 1.81. The van der Waals surface area contributed by atoms with Gasteiger partial charge >= 0.3 is 0 Å². The quantitative estimate of drug-likeness (QED) is 0.870. The zero-order valence-electron chi connectivity index (χ0n) is 11.9. The number of piperidine rings is 1. The van der Waals surface area contributed by atoms with Gasteiger partial charge in [0, 0.05) is 6.04 Å². The lowest BCUT2D eigenvalue weighted by molar-refractivity contribution is -0.121. The van der Waals surface area contributed by atoms with E-state index >= 15 is 0 Å². The molecule has 1 aromatic rings. The van der Waals surface area contributed by atoms with Gasteiger partial charge in [0.05, 0.1) is 6.42 Å². The molecule has 2 rings (SSSR count). The standard InChI is InChI=1S/C16H24N2O/c1-12-5-7-14(8-6-12)10-16(19)18-13(2)15-4-3-9-17-11-15/h5-8,13,15,17H,3-4,9-11H2,1-2H3,(H,18,19). The molecule has 1 saturated heterocycles. The van der Waals surface area contributed by atoms with Crippen LogP contribution in [0.4, 0.5) is 0 Å². The Hall–Kier alpha value is -1.35. The lowest BCUT2D eigenvalue weighted by Gasteiger charge is -2.29. The van der Waals surface area contributed by atoms with Crippen molar-refractivity contribution in [3.05, 3.63) is 35.4 Å². The largest absolute Gasteiger partial charge is 0.353 e. The Morgan fingerprint density at radius 1 is 1.42 bits per heavy atom. The Morgan fingerprint density at radius 2 is 2.16 bits per heavy atom. The number of amides is 1. The van der Waals surface area contributed by atoms with E-state index < -0.39 is 0 Å². The molecule has 0 saturated carbocycles. The van der Waals surface area contributed by atoms with Crippen molar-refractivity contribution in [2.75, 3.05) is 13.1 Å². The van der Waals surface area contributed by atoms with Crippen LogP contribution in [-0.2, 0) is 11.2 Å². The van der Waals surface area contributed by atoms with Crippen molar-refractivity contribution >= 4 is 5.91 Å². The van der Waals surface area contributed by atoms with E-state index in [9.17, 15) is 4.79 Å². The summed E-state index contributed by atoms with van der Waals surface area (Å²) in [4.78, 5) is 12.0. The fourth-order valence-electron chi connectivity index (χ4n) is 2.62. The van der Waals surface area contributed by atoms with Crippen molar-refractivity contribution in [3.63, 3.8) is 0 Å². The van der Waals surface area contributed by atoms with Crippen LogP contribution in [0.25, 0.3) is 0 Å². The molecule has 19 heavy (non-hydrogen) atoms. The molecule has 1 aromatic carbocycles. The van der Waals surface area contributed by atoms with Crippen LogP contribution in [0.5, 0.6) is 0 Å². The predicted molar refractivity (Wildman–Crippen MR) is 78.1 cm³/mol. The van der Waals surface area contributed by atoms with E-state index in [2.05, 4.69) is 36.6 Å². The highest BCUT2D eigenvalue weighted by Gasteiger charge is 2.21. The van der Waals surface area contributed by atoms with Gasteiger partial charge in [-0.15, -0.1) is 0 Å². The number of hydrogen-bond acceptors (Lipinski definition) is 2. The highest BCUT2D eigenvalue weighted by Crippen LogP contribution is 2.14. The third-order valence-electron chi connectivity index (χ3n) is 3.92. The molecule has 0 spiro atoms. The smallest absolute Gasteiger partial charge is 0.224 e. The van der Waals surface area contributed by atoms with Crippen molar-refractivity contribution in [2.45, 2.75) is 39.2 Å². The summed E-state index contributed by atoms with van der Waals surface area (Å²) in [7, 11) is 0. The molecule has 3 nitrogen and oxygen atoms in total. The van der Waals surface area contributed by atoms with E-state index in [0.717, 1.165) is 18.7 Å². The number of carbonyl (C=O) groups is 1. The minimum Gasteiger partial charge on any atom is -0.353 e. The third kappa shape index (κ3) is 4.35. The normalized spacial score (nSPS) is 20.8. The highest BCUT2D eigenvalue weighted by atomic mass is 16.1. The molecule has 104 valence electrons. The summed E-state index contributed by atoms with van der Waals surface area (Å²) in [6, 6.07) is 8.42. The number of hydrogen-bond donors (Lipinski definition) is 2. The minimum atomic E-state index is 0.127. The molecule has 3 heteroatoms. The van der Waals surface area contributed by atoms with Crippen molar-refractivity contribution in [2.24, 2.45) is 5.92 Å². The van der Waals surface area contributed by atoms with Crippen LogP contribution in [0, 0.1) is 12.8 Å². The fourth-order valence-corrected chi connectivity index (χ4v) is 2.62. The van der Waals surface area contributed by atoms with Crippen LogP contribution < -0.4 is 10.6 Å². The second kappa shape index (κ2) is 6.71. The van der Waals surface area contributed by atoms with Gasteiger partial charge in [0.1, 0.15) is 0 Å². The first-order valence-electron chi connectivity index (χ1n) is 7.21. The molecule has 0 aliphatic carbocycles. The number of nitrogens with one attached hydrogen (secondary N) is 2. The second-order valence-corrected chi connectivity index (χ2v) is 5.62. The molecule has 0 aromatic heterocycles. The van der Waals surface area contributed by atoms with Gasteiger partial charge in [-0.25, -0.2) is 0 Å². The van der Waals surface area contributed by atoms with E-state index in [0.29, 0.717) is 12.3 Å². The maximum absolute atomic E-state index is 12.0. The average Bonchev–Trinajstić information content (AvgIpc) is 2.42. The molecule has 2 N–H and O–H groups in total. The van der Waals surface area contributed by atoms with Gasteiger partial charge < -0.3 is 10.6 Å². The van der Waals surface area contributed by atoms with E-state index in [1.54, 1.807) is 0 Å². The van der Waals surface area contributed by atoms with Gasteiger partial charge in [0.15, 0.2) is 0 Å². The molecular weight excluding hydrogens is 236 g/mol. The highest BCUT2D eigenvalue weighted by molar-refractivity contribution is 5.78. The first-order valence-corrected chi connectivity index (χ1v) is 7.21. The van der Waals surface area contributed by atoms with Crippen LogP contribution in [0.15, 0.2) is 24.3 Å². The van der Waals surface area contributed by atoms with E-state index in [-0.39, 0.29) is 11.9 Å². The number of rotatable bonds is 4. The van der Waals surface area contributed by atoms with Crippen LogP contribution in [-0.4, -0.2) is 25.0 Å². The summed E-state index contributed by atoms with van der Waals surface area (Å²) in [5, 5.41) is 6.53. The Morgan fingerprint density at radius 3 is 2.79 bits per heavy atom. The van der Waals surface area contributed by atoms with Gasteiger partial charge in [-0.05, 0) is 51.3 Å². The van der Waals surface area contributed by atoms with E-state index in [1.807, 2.05) is 12.1 Å².